The lowest BCUT2D eigenvalue weighted by Crippen LogP contribution is -2.00. The van der Waals surface area contributed by atoms with Gasteiger partial charge < -0.3 is 0 Å². The van der Waals surface area contributed by atoms with E-state index in [1.807, 2.05) is 6.92 Å². The first-order valence-electron chi connectivity index (χ1n) is 4.67. The van der Waals surface area contributed by atoms with Crippen LogP contribution in [0, 0.1) is 12.8 Å². The van der Waals surface area contributed by atoms with Crippen molar-refractivity contribution in [2.45, 2.75) is 32.6 Å². The van der Waals surface area contributed by atoms with Crippen LogP contribution in [0.2, 0.25) is 0 Å². The van der Waals surface area contributed by atoms with Gasteiger partial charge in [0.25, 0.3) is 0 Å². The number of hydrogen-bond donors (Lipinski definition) is 0. The van der Waals surface area contributed by atoms with E-state index in [1.165, 1.54) is 5.69 Å². The second-order valence-electron chi connectivity index (χ2n) is 3.71. The average Bonchev–Trinajstić information content (AvgIpc) is 2.62. The number of aryl methyl sites for hydroxylation is 1. The van der Waals surface area contributed by atoms with Gasteiger partial charge in [0.2, 0.25) is 0 Å². The zero-order chi connectivity index (χ0) is 9.26. The van der Waals surface area contributed by atoms with Crippen molar-refractivity contribution < 1.29 is 4.79 Å². The number of Topliss-reactive ketones (excluding diaryl/α,β-unsaturated/α-hetero) is 1. The summed E-state index contributed by atoms with van der Waals surface area (Å²) in [5, 5.41) is 3.23. The van der Waals surface area contributed by atoms with E-state index < -0.39 is 0 Å². The Balaban J connectivity index is 1.95. The van der Waals surface area contributed by atoms with E-state index in [0.717, 1.165) is 30.7 Å². The first-order chi connectivity index (χ1) is 6.24. The number of hydrogen-bond acceptors (Lipinski definition) is 3. The van der Waals surface area contributed by atoms with Gasteiger partial charge in [-0.05, 0) is 25.7 Å². The maximum atomic E-state index is 11.0. The molecule has 0 amide bonds. The van der Waals surface area contributed by atoms with Crippen LogP contribution < -0.4 is 0 Å². The van der Waals surface area contributed by atoms with Crippen molar-refractivity contribution >= 4 is 17.1 Å². The van der Waals surface area contributed by atoms with Crippen LogP contribution in [0.4, 0.5) is 0 Å². The molecule has 3 heteroatoms. The molecule has 0 N–H and O–H groups in total. The number of ketones is 1. The zero-order valence-electron chi connectivity index (χ0n) is 7.75. The van der Waals surface area contributed by atoms with Crippen molar-refractivity contribution in [3.8, 4) is 0 Å². The summed E-state index contributed by atoms with van der Waals surface area (Å²) in [6, 6.07) is 0. The first-order valence-corrected chi connectivity index (χ1v) is 5.54. The van der Waals surface area contributed by atoms with E-state index in [4.69, 9.17) is 0 Å². The summed E-state index contributed by atoms with van der Waals surface area (Å²) in [5.41, 5.74) is 1.17. The molecule has 70 valence electrons. The van der Waals surface area contributed by atoms with Gasteiger partial charge in [0.1, 0.15) is 5.78 Å². The van der Waals surface area contributed by atoms with Gasteiger partial charge in [-0.2, -0.15) is 0 Å². The molecule has 0 aliphatic heterocycles. The molecule has 1 aromatic heterocycles. The molecule has 1 atom stereocenters. The predicted octanol–water partition coefficient (Wildman–Crippen LogP) is 2.36. The summed E-state index contributed by atoms with van der Waals surface area (Å²) in [5.74, 6) is 0.992. The minimum atomic E-state index is 0.428. The van der Waals surface area contributed by atoms with Gasteiger partial charge in [0, 0.05) is 18.2 Å². The number of rotatable bonds is 2. The van der Waals surface area contributed by atoms with Gasteiger partial charge in [0.15, 0.2) is 0 Å². The molecule has 1 heterocycles. The molecule has 1 fully saturated rings. The van der Waals surface area contributed by atoms with E-state index in [-0.39, 0.29) is 0 Å². The van der Waals surface area contributed by atoms with Crippen LogP contribution in [0.25, 0.3) is 0 Å². The van der Waals surface area contributed by atoms with Crippen LogP contribution >= 0.6 is 11.3 Å². The number of nitrogens with zero attached hydrogens (tertiary/aromatic N) is 1. The minimum absolute atomic E-state index is 0.428. The van der Waals surface area contributed by atoms with Gasteiger partial charge >= 0.3 is 0 Å². The van der Waals surface area contributed by atoms with Crippen LogP contribution in [-0.2, 0) is 11.2 Å². The Hall–Kier alpha value is -0.700. The Bertz CT molecular complexity index is 318. The van der Waals surface area contributed by atoms with Crippen LogP contribution in [0.15, 0.2) is 5.38 Å². The fraction of sp³-hybridized carbons (Fsp3) is 0.600. The molecule has 1 unspecified atom stereocenters. The Kier molecular flexibility index (Phi) is 2.44. The Morgan fingerprint density at radius 3 is 3.08 bits per heavy atom. The SMILES string of the molecule is Cc1nc(CC2CCC(=O)C2)cs1. The van der Waals surface area contributed by atoms with Crippen molar-refractivity contribution in [2.24, 2.45) is 5.92 Å². The van der Waals surface area contributed by atoms with Gasteiger partial charge in [-0.25, -0.2) is 4.98 Å². The lowest BCUT2D eigenvalue weighted by atomic mass is 10.0. The largest absolute Gasteiger partial charge is 0.300 e. The standard InChI is InChI=1S/C10H13NOS/c1-7-11-9(6-13-7)4-8-2-3-10(12)5-8/h6,8H,2-5H2,1H3. The highest BCUT2D eigenvalue weighted by Gasteiger charge is 2.22. The topological polar surface area (TPSA) is 30.0 Å². The molecule has 0 spiro atoms. The fourth-order valence-corrected chi connectivity index (χ4v) is 2.49. The third-order valence-electron chi connectivity index (χ3n) is 2.51. The quantitative estimate of drug-likeness (QED) is 0.725. The van der Waals surface area contributed by atoms with Crippen LogP contribution in [-0.4, -0.2) is 10.8 Å². The van der Waals surface area contributed by atoms with Crippen LogP contribution in [0.5, 0.6) is 0 Å². The molecule has 13 heavy (non-hydrogen) atoms. The summed E-state index contributed by atoms with van der Waals surface area (Å²) < 4.78 is 0. The average molecular weight is 195 g/mol. The molecule has 0 aromatic carbocycles. The lowest BCUT2D eigenvalue weighted by molar-refractivity contribution is -0.117. The molecule has 2 nitrogen and oxygen atoms in total. The van der Waals surface area contributed by atoms with Crippen LogP contribution in [0.1, 0.15) is 30.0 Å². The summed E-state index contributed by atoms with van der Waals surface area (Å²) in [6.07, 6.45) is 3.62. The summed E-state index contributed by atoms with van der Waals surface area (Å²) in [7, 11) is 0. The number of thiazole rings is 1. The Labute approximate surface area is 82.0 Å². The molecular weight excluding hydrogens is 182 g/mol. The third kappa shape index (κ3) is 2.15. The summed E-state index contributed by atoms with van der Waals surface area (Å²) in [4.78, 5) is 15.4. The minimum Gasteiger partial charge on any atom is -0.300 e. The summed E-state index contributed by atoms with van der Waals surface area (Å²) >= 11 is 1.69. The molecule has 2 rings (SSSR count). The summed E-state index contributed by atoms with van der Waals surface area (Å²) in [6.45, 7) is 2.02. The van der Waals surface area contributed by atoms with E-state index in [9.17, 15) is 4.79 Å². The molecule has 0 radical (unpaired) electrons. The highest BCUT2D eigenvalue weighted by atomic mass is 32.1. The Morgan fingerprint density at radius 2 is 2.54 bits per heavy atom. The highest BCUT2D eigenvalue weighted by Crippen LogP contribution is 2.25. The van der Waals surface area contributed by atoms with Crippen molar-refractivity contribution in [3.63, 3.8) is 0 Å². The molecular formula is C10H13NOS. The smallest absolute Gasteiger partial charge is 0.133 e. The van der Waals surface area contributed by atoms with E-state index in [0.29, 0.717) is 11.7 Å². The molecule has 1 aliphatic rings. The van der Waals surface area contributed by atoms with Gasteiger partial charge in [0.05, 0.1) is 10.7 Å². The van der Waals surface area contributed by atoms with Crippen molar-refractivity contribution in [2.75, 3.05) is 0 Å². The number of carbonyl (C=O) groups excluding carboxylic acids is 1. The first kappa shape index (κ1) is 8.88. The lowest BCUT2D eigenvalue weighted by Gasteiger charge is -2.03. The molecule has 1 aromatic rings. The molecule has 0 bridgehead atoms. The molecule has 1 aliphatic carbocycles. The Morgan fingerprint density at radius 1 is 1.69 bits per heavy atom. The number of carbonyl (C=O) groups is 1. The molecule has 1 saturated carbocycles. The van der Waals surface area contributed by atoms with Gasteiger partial charge in [-0.1, -0.05) is 0 Å². The van der Waals surface area contributed by atoms with E-state index in [1.54, 1.807) is 11.3 Å². The normalized spacial score (nSPS) is 22.5. The fourth-order valence-electron chi connectivity index (χ4n) is 1.86. The van der Waals surface area contributed by atoms with Gasteiger partial charge in [-0.3, -0.25) is 4.79 Å². The molecule has 0 saturated heterocycles. The van der Waals surface area contributed by atoms with Gasteiger partial charge in [-0.15, -0.1) is 11.3 Å². The van der Waals surface area contributed by atoms with Crippen molar-refractivity contribution in [1.29, 1.82) is 0 Å². The highest BCUT2D eigenvalue weighted by molar-refractivity contribution is 7.09. The second-order valence-corrected chi connectivity index (χ2v) is 4.77. The zero-order valence-corrected chi connectivity index (χ0v) is 8.56. The third-order valence-corrected chi connectivity index (χ3v) is 3.33. The van der Waals surface area contributed by atoms with E-state index in [2.05, 4.69) is 10.4 Å². The monoisotopic (exact) mass is 195 g/mol. The predicted molar refractivity (Wildman–Crippen MR) is 52.9 cm³/mol. The maximum absolute atomic E-state index is 11.0. The van der Waals surface area contributed by atoms with Crippen molar-refractivity contribution in [1.82, 2.24) is 4.98 Å². The van der Waals surface area contributed by atoms with E-state index >= 15 is 0 Å². The number of aromatic nitrogens is 1. The van der Waals surface area contributed by atoms with Crippen LogP contribution in [0.3, 0.4) is 0 Å². The second kappa shape index (κ2) is 3.58. The maximum Gasteiger partial charge on any atom is 0.133 e. The van der Waals surface area contributed by atoms with Crippen molar-refractivity contribution in [3.05, 3.63) is 16.1 Å².